The molecule has 0 spiro atoms. The normalized spacial score (nSPS) is 21.4. The lowest BCUT2D eigenvalue weighted by atomic mass is 9.95. The number of amides is 1. The Morgan fingerprint density at radius 2 is 2.26 bits per heavy atom. The van der Waals surface area contributed by atoms with Gasteiger partial charge in [-0.25, -0.2) is 4.98 Å². The van der Waals surface area contributed by atoms with Crippen molar-refractivity contribution in [3.63, 3.8) is 0 Å². The summed E-state index contributed by atoms with van der Waals surface area (Å²) in [5.41, 5.74) is 5.72. The van der Waals surface area contributed by atoms with E-state index in [0.29, 0.717) is 19.0 Å². The molecule has 1 heterocycles. The van der Waals surface area contributed by atoms with E-state index in [2.05, 4.69) is 4.98 Å². The van der Waals surface area contributed by atoms with Crippen LogP contribution in [0, 0.1) is 11.8 Å². The average molecular weight is 326 g/mol. The summed E-state index contributed by atoms with van der Waals surface area (Å²) in [5, 5.41) is 2.93. The maximum atomic E-state index is 12.3. The molecule has 1 amide bonds. The van der Waals surface area contributed by atoms with E-state index >= 15 is 0 Å². The molecule has 0 saturated heterocycles. The number of carbonyl (C=O) groups is 1. The predicted molar refractivity (Wildman–Crippen MR) is 83.0 cm³/mol. The van der Waals surface area contributed by atoms with E-state index in [1.165, 1.54) is 0 Å². The number of carbonyl (C=O) groups excluding carboxylic acids is 1. The van der Waals surface area contributed by atoms with Crippen LogP contribution in [-0.2, 0) is 11.3 Å². The van der Waals surface area contributed by atoms with Gasteiger partial charge in [0.05, 0.1) is 6.54 Å². The molecule has 2 rings (SSSR count). The number of hydrogen-bond donors (Lipinski definition) is 1. The second-order valence-electron chi connectivity index (χ2n) is 4.65. The molecule has 1 saturated carbocycles. The zero-order chi connectivity index (χ0) is 12.3. The molecule has 1 aliphatic rings. The van der Waals surface area contributed by atoms with Gasteiger partial charge in [0.15, 0.2) is 0 Å². The molecule has 1 fully saturated rings. The smallest absolute Gasteiger partial charge is 0.226 e. The van der Waals surface area contributed by atoms with Crippen LogP contribution in [0.1, 0.15) is 24.3 Å². The SMILES string of the molecule is CN(Cc1nccs1)C(=O)[C@@H]1CCC[C@@H]1CN.Cl.Cl. The Morgan fingerprint density at radius 3 is 2.84 bits per heavy atom. The fraction of sp³-hybridized carbons (Fsp3) is 0.667. The van der Waals surface area contributed by atoms with Gasteiger partial charge in [-0.15, -0.1) is 36.2 Å². The van der Waals surface area contributed by atoms with E-state index in [-0.39, 0.29) is 36.6 Å². The highest BCUT2D eigenvalue weighted by Crippen LogP contribution is 2.32. The molecule has 0 radical (unpaired) electrons. The van der Waals surface area contributed by atoms with Gasteiger partial charge in [-0.1, -0.05) is 6.42 Å². The van der Waals surface area contributed by atoms with Crippen molar-refractivity contribution in [2.45, 2.75) is 25.8 Å². The summed E-state index contributed by atoms with van der Waals surface area (Å²) < 4.78 is 0. The molecule has 7 heteroatoms. The van der Waals surface area contributed by atoms with Crippen molar-refractivity contribution in [1.82, 2.24) is 9.88 Å². The summed E-state index contributed by atoms with van der Waals surface area (Å²) >= 11 is 1.59. The van der Waals surface area contributed by atoms with Crippen LogP contribution in [0.2, 0.25) is 0 Å². The summed E-state index contributed by atoms with van der Waals surface area (Å²) in [6.07, 6.45) is 4.99. The zero-order valence-corrected chi connectivity index (χ0v) is 13.4. The van der Waals surface area contributed by atoms with Crippen LogP contribution >= 0.6 is 36.2 Å². The summed E-state index contributed by atoms with van der Waals surface area (Å²) in [7, 11) is 1.86. The third kappa shape index (κ3) is 4.60. The Balaban J connectivity index is 0.00000162. The van der Waals surface area contributed by atoms with E-state index in [1.54, 1.807) is 22.4 Å². The number of thiazole rings is 1. The molecule has 2 N–H and O–H groups in total. The van der Waals surface area contributed by atoms with E-state index in [4.69, 9.17) is 5.73 Å². The first kappa shape index (κ1) is 18.6. The summed E-state index contributed by atoms with van der Waals surface area (Å²) in [6.45, 7) is 1.24. The van der Waals surface area contributed by atoms with Crippen molar-refractivity contribution in [2.75, 3.05) is 13.6 Å². The minimum atomic E-state index is 0. The minimum absolute atomic E-state index is 0. The predicted octanol–water partition coefficient (Wildman–Crippen LogP) is 2.32. The van der Waals surface area contributed by atoms with Crippen molar-refractivity contribution in [1.29, 1.82) is 0 Å². The first-order valence-corrected chi connectivity index (χ1v) is 6.93. The average Bonchev–Trinajstić information content (AvgIpc) is 2.97. The maximum absolute atomic E-state index is 12.3. The Hall–Kier alpha value is -0.360. The lowest BCUT2D eigenvalue weighted by Crippen LogP contribution is -2.36. The Labute approximate surface area is 130 Å². The van der Waals surface area contributed by atoms with Gasteiger partial charge < -0.3 is 10.6 Å². The Kier molecular flexibility index (Phi) is 8.57. The largest absolute Gasteiger partial charge is 0.339 e. The Bertz CT molecular complexity index is 375. The van der Waals surface area contributed by atoms with Gasteiger partial charge in [0, 0.05) is 24.5 Å². The second-order valence-corrected chi connectivity index (χ2v) is 5.63. The number of hydrogen-bond acceptors (Lipinski definition) is 4. The van der Waals surface area contributed by atoms with E-state index in [9.17, 15) is 4.79 Å². The van der Waals surface area contributed by atoms with Crippen LogP contribution in [0.3, 0.4) is 0 Å². The maximum Gasteiger partial charge on any atom is 0.226 e. The minimum Gasteiger partial charge on any atom is -0.339 e. The highest BCUT2D eigenvalue weighted by molar-refractivity contribution is 7.09. The lowest BCUT2D eigenvalue weighted by Gasteiger charge is -2.23. The number of aromatic nitrogens is 1. The van der Waals surface area contributed by atoms with Gasteiger partial charge in [-0.05, 0) is 25.3 Å². The number of rotatable bonds is 4. The van der Waals surface area contributed by atoms with Gasteiger partial charge in [0.25, 0.3) is 0 Å². The molecule has 1 aromatic rings. The van der Waals surface area contributed by atoms with Gasteiger partial charge in [-0.3, -0.25) is 4.79 Å². The van der Waals surface area contributed by atoms with Gasteiger partial charge >= 0.3 is 0 Å². The van der Waals surface area contributed by atoms with Crippen molar-refractivity contribution in [3.8, 4) is 0 Å². The molecule has 19 heavy (non-hydrogen) atoms. The first-order chi connectivity index (χ1) is 8.22. The highest BCUT2D eigenvalue weighted by atomic mass is 35.5. The van der Waals surface area contributed by atoms with Crippen molar-refractivity contribution in [2.24, 2.45) is 17.6 Å². The molecule has 0 aliphatic heterocycles. The molecule has 1 aliphatic carbocycles. The quantitative estimate of drug-likeness (QED) is 0.924. The monoisotopic (exact) mass is 325 g/mol. The van der Waals surface area contributed by atoms with Gasteiger partial charge in [0.1, 0.15) is 5.01 Å². The fourth-order valence-corrected chi connectivity index (χ4v) is 3.21. The number of nitrogens with zero attached hydrogens (tertiary/aromatic N) is 2. The zero-order valence-electron chi connectivity index (χ0n) is 10.9. The molecule has 4 nitrogen and oxygen atoms in total. The van der Waals surface area contributed by atoms with Gasteiger partial charge in [0.2, 0.25) is 5.91 Å². The Morgan fingerprint density at radius 1 is 1.53 bits per heavy atom. The van der Waals surface area contributed by atoms with Gasteiger partial charge in [-0.2, -0.15) is 0 Å². The van der Waals surface area contributed by atoms with Crippen LogP contribution in [0.25, 0.3) is 0 Å². The molecule has 0 unspecified atom stereocenters. The van der Waals surface area contributed by atoms with E-state index in [0.717, 1.165) is 24.3 Å². The van der Waals surface area contributed by atoms with Crippen molar-refractivity contribution in [3.05, 3.63) is 16.6 Å². The first-order valence-electron chi connectivity index (χ1n) is 6.05. The van der Waals surface area contributed by atoms with Crippen molar-refractivity contribution >= 4 is 42.1 Å². The molecule has 110 valence electrons. The van der Waals surface area contributed by atoms with Crippen LogP contribution in [0.4, 0.5) is 0 Å². The van der Waals surface area contributed by atoms with Crippen LogP contribution < -0.4 is 5.73 Å². The third-order valence-corrected chi connectivity index (χ3v) is 4.28. The molecular weight excluding hydrogens is 305 g/mol. The lowest BCUT2D eigenvalue weighted by molar-refractivity contribution is -0.135. The van der Waals surface area contributed by atoms with E-state index in [1.807, 2.05) is 12.4 Å². The van der Waals surface area contributed by atoms with Crippen LogP contribution in [0.15, 0.2) is 11.6 Å². The summed E-state index contributed by atoms with van der Waals surface area (Å²) in [4.78, 5) is 18.3. The second kappa shape index (κ2) is 8.74. The molecule has 2 atom stereocenters. The van der Waals surface area contributed by atoms with Crippen LogP contribution in [0.5, 0.6) is 0 Å². The fourth-order valence-electron chi connectivity index (χ4n) is 2.54. The molecular formula is C12H21Cl2N3OS. The topological polar surface area (TPSA) is 59.2 Å². The van der Waals surface area contributed by atoms with E-state index < -0.39 is 0 Å². The number of nitrogens with two attached hydrogens (primary N) is 1. The third-order valence-electron chi connectivity index (χ3n) is 3.51. The van der Waals surface area contributed by atoms with Crippen LogP contribution in [-0.4, -0.2) is 29.4 Å². The summed E-state index contributed by atoms with van der Waals surface area (Å²) in [5.74, 6) is 0.736. The molecule has 1 aromatic heterocycles. The standard InChI is InChI=1S/C12H19N3OS.2ClH/c1-15(8-11-14-5-6-17-11)12(16)10-4-2-3-9(10)7-13;;/h5-6,9-10H,2-4,7-8,13H2,1H3;2*1H/t9-,10-;;/m1../s1. The molecule has 0 bridgehead atoms. The number of halogens is 2. The highest BCUT2D eigenvalue weighted by Gasteiger charge is 2.33. The summed E-state index contributed by atoms with van der Waals surface area (Å²) in [6, 6.07) is 0. The molecule has 0 aromatic carbocycles. The van der Waals surface area contributed by atoms with Crippen molar-refractivity contribution < 1.29 is 4.79 Å².